The van der Waals surface area contributed by atoms with Crippen molar-refractivity contribution in [2.24, 2.45) is 0 Å². The molecule has 1 nitrogen and oxygen atoms in total. The van der Waals surface area contributed by atoms with Gasteiger partial charge in [-0.15, -0.1) is 0 Å². The second kappa shape index (κ2) is 6.98. The predicted octanol–water partition coefficient (Wildman–Crippen LogP) is 4.70. The monoisotopic (exact) mass is 271 g/mol. The van der Waals surface area contributed by atoms with Gasteiger partial charge in [-0.3, -0.25) is 0 Å². The highest BCUT2D eigenvalue weighted by Gasteiger charge is 2.27. The molecule has 0 saturated carbocycles. The average Bonchev–Trinajstić information content (AvgIpc) is 2.69. The van der Waals surface area contributed by atoms with Crippen LogP contribution in [-0.4, -0.2) is 21.4 Å². The summed E-state index contributed by atoms with van der Waals surface area (Å²) in [6.45, 7) is 5.63. The number of hydrogen-bond donors (Lipinski definition) is 1. The minimum absolute atomic E-state index is 0.0169. The van der Waals surface area contributed by atoms with Gasteiger partial charge in [0.2, 0.25) is 0 Å². The van der Waals surface area contributed by atoms with Crippen molar-refractivity contribution >= 4 is 7.85 Å². The highest BCUT2D eigenvalue weighted by atomic mass is 14.8. The molecule has 0 spiro atoms. The Morgan fingerprint density at radius 1 is 0.900 bits per heavy atom. The molecule has 110 valence electrons. The first-order chi connectivity index (χ1) is 9.56. The minimum Gasteiger partial charge on any atom is -0.320 e. The second-order valence-corrected chi connectivity index (χ2v) is 6.97. The van der Waals surface area contributed by atoms with Gasteiger partial charge in [0.05, 0.1) is 7.85 Å². The Hall–Kier alpha value is -0.495. The van der Waals surface area contributed by atoms with Crippen molar-refractivity contribution in [1.29, 1.82) is 0 Å². The van der Waals surface area contributed by atoms with Gasteiger partial charge < -0.3 is 5.32 Å². The van der Waals surface area contributed by atoms with Crippen molar-refractivity contribution in [1.82, 2.24) is 5.32 Å². The number of rotatable bonds is 3. The zero-order valence-electron chi connectivity index (χ0n) is 13.6. The molecule has 2 radical (unpaired) electrons. The SMILES string of the molecule is [B]C1(CNC)CCC(C)=C(C2=C(C)CCCCC2)CC1. The molecule has 2 aliphatic rings. The maximum atomic E-state index is 6.58. The van der Waals surface area contributed by atoms with E-state index in [2.05, 4.69) is 19.2 Å². The van der Waals surface area contributed by atoms with E-state index in [1.54, 1.807) is 22.3 Å². The van der Waals surface area contributed by atoms with E-state index in [1.807, 2.05) is 7.05 Å². The summed E-state index contributed by atoms with van der Waals surface area (Å²) in [5.74, 6) is 0. The van der Waals surface area contributed by atoms with Gasteiger partial charge >= 0.3 is 0 Å². The van der Waals surface area contributed by atoms with Crippen LogP contribution in [0.25, 0.3) is 0 Å². The largest absolute Gasteiger partial charge is 0.320 e. The lowest BCUT2D eigenvalue weighted by molar-refractivity contribution is 0.467. The van der Waals surface area contributed by atoms with Crippen LogP contribution in [-0.2, 0) is 0 Å². The molecule has 2 aliphatic carbocycles. The molecule has 0 aromatic heterocycles. The average molecular weight is 271 g/mol. The van der Waals surface area contributed by atoms with Crippen LogP contribution in [0.2, 0.25) is 5.31 Å². The molecule has 0 aromatic carbocycles. The first kappa shape index (κ1) is 15.9. The zero-order valence-corrected chi connectivity index (χ0v) is 13.6. The summed E-state index contributed by atoms with van der Waals surface area (Å²) in [6.07, 6.45) is 11.3. The molecule has 0 saturated heterocycles. The van der Waals surface area contributed by atoms with E-state index in [9.17, 15) is 0 Å². The van der Waals surface area contributed by atoms with Crippen molar-refractivity contribution in [3.8, 4) is 0 Å². The van der Waals surface area contributed by atoms with Gasteiger partial charge in [0, 0.05) is 0 Å². The van der Waals surface area contributed by atoms with Crippen molar-refractivity contribution in [2.75, 3.05) is 13.6 Å². The lowest BCUT2D eigenvalue weighted by Gasteiger charge is -2.28. The van der Waals surface area contributed by atoms with Crippen molar-refractivity contribution in [3.05, 3.63) is 22.3 Å². The molecule has 0 amide bonds. The lowest BCUT2D eigenvalue weighted by atomic mass is 9.63. The maximum absolute atomic E-state index is 6.58. The topological polar surface area (TPSA) is 12.0 Å². The van der Waals surface area contributed by atoms with E-state index in [-0.39, 0.29) is 5.31 Å². The molecule has 0 aliphatic heterocycles. The maximum Gasteiger partial charge on any atom is 0.0763 e. The van der Waals surface area contributed by atoms with Crippen LogP contribution in [0.3, 0.4) is 0 Å². The Morgan fingerprint density at radius 3 is 2.25 bits per heavy atom. The highest BCUT2D eigenvalue weighted by molar-refractivity contribution is 6.15. The molecule has 1 unspecified atom stereocenters. The normalized spacial score (nSPS) is 29.4. The van der Waals surface area contributed by atoms with E-state index >= 15 is 0 Å². The fourth-order valence-electron chi connectivity index (χ4n) is 3.88. The Kier molecular flexibility index (Phi) is 5.54. The van der Waals surface area contributed by atoms with Gasteiger partial charge in [0.25, 0.3) is 0 Å². The van der Waals surface area contributed by atoms with Crippen LogP contribution >= 0.6 is 0 Å². The van der Waals surface area contributed by atoms with Gasteiger partial charge in [0.1, 0.15) is 0 Å². The highest BCUT2D eigenvalue weighted by Crippen LogP contribution is 2.43. The number of hydrogen-bond acceptors (Lipinski definition) is 1. The quantitative estimate of drug-likeness (QED) is 0.733. The third kappa shape index (κ3) is 3.78. The summed E-state index contributed by atoms with van der Waals surface area (Å²) >= 11 is 0. The van der Waals surface area contributed by atoms with Crippen LogP contribution < -0.4 is 5.32 Å². The fraction of sp³-hybridized carbons (Fsp3) is 0.778. The van der Waals surface area contributed by atoms with Crippen LogP contribution in [0.15, 0.2) is 22.3 Å². The van der Waals surface area contributed by atoms with Crippen LogP contribution in [0.5, 0.6) is 0 Å². The molecule has 1 atom stereocenters. The van der Waals surface area contributed by atoms with E-state index in [4.69, 9.17) is 7.85 Å². The molecule has 0 aromatic rings. The first-order valence-corrected chi connectivity index (χ1v) is 8.37. The van der Waals surface area contributed by atoms with Crippen molar-refractivity contribution < 1.29 is 0 Å². The molecule has 0 bridgehead atoms. The molecular formula is C18H30BN. The number of nitrogens with one attached hydrogen (secondary N) is 1. The standard InChI is InChI=1S/C18H30BN/c1-14-7-5-4-6-8-16(14)17-10-12-18(19,13-20-3)11-9-15(17)2/h20H,4-13H2,1-3H3. The van der Waals surface area contributed by atoms with Gasteiger partial charge in [0.15, 0.2) is 0 Å². The smallest absolute Gasteiger partial charge is 0.0763 e. The lowest BCUT2D eigenvalue weighted by Crippen LogP contribution is -2.26. The molecule has 2 rings (SSSR count). The Bertz CT molecular complexity index is 408. The van der Waals surface area contributed by atoms with Crippen molar-refractivity contribution in [2.45, 2.75) is 76.9 Å². The zero-order chi connectivity index (χ0) is 14.6. The van der Waals surface area contributed by atoms with Gasteiger partial charge in [-0.05, 0) is 77.1 Å². The first-order valence-electron chi connectivity index (χ1n) is 8.37. The Morgan fingerprint density at radius 2 is 1.50 bits per heavy atom. The summed E-state index contributed by atoms with van der Waals surface area (Å²) in [6, 6.07) is 0. The summed E-state index contributed by atoms with van der Waals surface area (Å²) in [5, 5.41) is 3.26. The Labute approximate surface area is 126 Å². The third-order valence-corrected chi connectivity index (χ3v) is 5.27. The summed E-state index contributed by atoms with van der Waals surface area (Å²) < 4.78 is 0. The number of allylic oxidation sites excluding steroid dienone is 4. The molecule has 0 heterocycles. The Balaban J connectivity index is 2.18. The van der Waals surface area contributed by atoms with Gasteiger partial charge in [-0.2, -0.15) is 0 Å². The van der Waals surface area contributed by atoms with Crippen LogP contribution in [0.1, 0.15) is 71.6 Å². The van der Waals surface area contributed by atoms with Crippen molar-refractivity contribution in [3.63, 3.8) is 0 Å². The van der Waals surface area contributed by atoms with E-state index < -0.39 is 0 Å². The van der Waals surface area contributed by atoms with E-state index in [1.165, 1.54) is 44.9 Å². The summed E-state index contributed by atoms with van der Waals surface area (Å²) in [7, 11) is 8.60. The van der Waals surface area contributed by atoms with E-state index in [0.717, 1.165) is 19.4 Å². The second-order valence-electron chi connectivity index (χ2n) is 6.97. The van der Waals surface area contributed by atoms with Crippen LogP contribution in [0, 0.1) is 0 Å². The third-order valence-electron chi connectivity index (χ3n) is 5.27. The molecule has 1 N–H and O–H groups in total. The van der Waals surface area contributed by atoms with Gasteiger partial charge in [-0.1, -0.05) is 35.7 Å². The molecule has 20 heavy (non-hydrogen) atoms. The minimum atomic E-state index is -0.0169. The fourth-order valence-corrected chi connectivity index (χ4v) is 3.88. The molecule has 0 fully saturated rings. The predicted molar refractivity (Wildman–Crippen MR) is 89.3 cm³/mol. The summed E-state index contributed by atoms with van der Waals surface area (Å²) in [4.78, 5) is 0. The summed E-state index contributed by atoms with van der Waals surface area (Å²) in [5.41, 5.74) is 6.60. The molecule has 2 heteroatoms. The molecular weight excluding hydrogens is 241 g/mol. The van der Waals surface area contributed by atoms with Crippen LogP contribution in [0.4, 0.5) is 0 Å². The van der Waals surface area contributed by atoms with Gasteiger partial charge in [-0.25, -0.2) is 0 Å². The van der Waals surface area contributed by atoms with E-state index in [0.29, 0.717) is 0 Å².